The van der Waals surface area contributed by atoms with E-state index in [1.54, 1.807) is 12.1 Å². The zero-order chi connectivity index (χ0) is 13.5. The van der Waals surface area contributed by atoms with E-state index in [1.165, 1.54) is 18.6 Å². The van der Waals surface area contributed by atoms with Gasteiger partial charge in [-0.3, -0.25) is 10.1 Å². The molecule has 7 nitrogen and oxygen atoms in total. The summed E-state index contributed by atoms with van der Waals surface area (Å²) in [7, 11) is 0. The smallest absolute Gasteiger partial charge is 0.277 e. The molecule has 1 amide bonds. The zero-order valence-electron chi connectivity index (χ0n) is 9.87. The van der Waals surface area contributed by atoms with Crippen molar-refractivity contribution in [2.24, 2.45) is 5.73 Å². The van der Waals surface area contributed by atoms with Crippen LogP contribution in [0.5, 0.6) is 0 Å². The molecule has 0 aromatic carbocycles. The summed E-state index contributed by atoms with van der Waals surface area (Å²) in [6, 6.07) is 3.38. The molecule has 0 saturated carbocycles. The van der Waals surface area contributed by atoms with Gasteiger partial charge in [-0.25, -0.2) is 9.97 Å². The van der Waals surface area contributed by atoms with E-state index >= 15 is 0 Å². The summed E-state index contributed by atoms with van der Waals surface area (Å²) in [5, 5.41) is 9.76. The van der Waals surface area contributed by atoms with E-state index in [2.05, 4.69) is 37.3 Å². The molecule has 94 valence electrons. The summed E-state index contributed by atoms with van der Waals surface area (Å²) in [6.45, 7) is 0.210. The number of anilines is 1. The molecular formula is C12H10N6O. The normalized spacial score (nSPS) is 9.32. The van der Waals surface area contributed by atoms with E-state index in [4.69, 9.17) is 5.73 Å². The molecule has 0 saturated heterocycles. The van der Waals surface area contributed by atoms with Crippen molar-refractivity contribution < 1.29 is 4.79 Å². The zero-order valence-corrected chi connectivity index (χ0v) is 9.87. The molecule has 0 aliphatic carbocycles. The Morgan fingerprint density at radius 2 is 2.21 bits per heavy atom. The highest BCUT2D eigenvalue weighted by Gasteiger charge is 2.12. The van der Waals surface area contributed by atoms with Gasteiger partial charge in [0.2, 0.25) is 5.95 Å². The van der Waals surface area contributed by atoms with Gasteiger partial charge in [-0.1, -0.05) is 11.8 Å². The summed E-state index contributed by atoms with van der Waals surface area (Å²) in [5.41, 5.74) is 5.99. The molecule has 2 aromatic rings. The maximum Gasteiger partial charge on any atom is 0.277 e. The second-order valence-corrected chi connectivity index (χ2v) is 3.33. The molecule has 2 aromatic heterocycles. The number of amides is 1. The monoisotopic (exact) mass is 254 g/mol. The van der Waals surface area contributed by atoms with Gasteiger partial charge in [0.25, 0.3) is 5.91 Å². The lowest BCUT2D eigenvalue weighted by Crippen LogP contribution is -2.17. The van der Waals surface area contributed by atoms with Crippen molar-refractivity contribution in [3.05, 3.63) is 42.0 Å². The summed E-state index contributed by atoms with van der Waals surface area (Å²) < 4.78 is 0. The van der Waals surface area contributed by atoms with E-state index in [1.807, 2.05) is 0 Å². The Morgan fingerprint density at radius 1 is 1.32 bits per heavy atom. The molecule has 2 rings (SSSR count). The molecule has 0 spiro atoms. The van der Waals surface area contributed by atoms with Gasteiger partial charge in [-0.2, -0.15) is 5.10 Å². The Kier molecular flexibility index (Phi) is 4.10. The number of nitrogens with one attached hydrogen (secondary N) is 1. The van der Waals surface area contributed by atoms with Crippen LogP contribution in [0.15, 0.2) is 30.7 Å². The molecule has 0 aliphatic heterocycles. The van der Waals surface area contributed by atoms with Crippen LogP contribution in [0.2, 0.25) is 0 Å². The van der Waals surface area contributed by atoms with Crippen molar-refractivity contribution in [1.82, 2.24) is 20.2 Å². The van der Waals surface area contributed by atoms with Gasteiger partial charge in [-0.05, 0) is 12.1 Å². The lowest BCUT2D eigenvalue weighted by molar-refractivity contribution is 0.102. The van der Waals surface area contributed by atoms with Crippen molar-refractivity contribution in [1.29, 1.82) is 0 Å². The second kappa shape index (κ2) is 6.18. The summed E-state index contributed by atoms with van der Waals surface area (Å²) in [4.78, 5) is 19.9. The standard InChI is InChI=1S/C12H10N6O/c13-5-1-3-9-4-2-6-14-10(9)11(19)17-12-15-7-8-16-18-12/h2,4,6-8H,5,13H2,(H,15,17,18,19). The SMILES string of the molecule is NCC#Cc1cccnc1C(=O)Nc1nccnn1. The molecule has 0 aliphatic rings. The van der Waals surface area contributed by atoms with Gasteiger partial charge in [0.05, 0.1) is 24.5 Å². The van der Waals surface area contributed by atoms with Crippen molar-refractivity contribution in [2.75, 3.05) is 11.9 Å². The van der Waals surface area contributed by atoms with Crippen LogP contribution in [0, 0.1) is 11.8 Å². The van der Waals surface area contributed by atoms with Gasteiger partial charge in [0, 0.05) is 6.20 Å². The Bertz CT molecular complexity index is 631. The number of aromatic nitrogens is 4. The van der Waals surface area contributed by atoms with Crippen molar-refractivity contribution in [3.8, 4) is 11.8 Å². The minimum absolute atomic E-state index is 0.107. The quantitative estimate of drug-likeness (QED) is 0.720. The van der Waals surface area contributed by atoms with Crippen LogP contribution in [0.1, 0.15) is 16.1 Å². The van der Waals surface area contributed by atoms with Crippen molar-refractivity contribution in [2.45, 2.75) is 0 Å². The Balaban J connectivity index is 2.24. The first-order valence-electron chi connectivity index (χ1n) is 5.40. The number of rotatable bonds is 2. The number of nitrogens with zero attached hydrogens (tertiary/aromatic N) is 4. The minimum Gasteiger partial charge on any atom is -0.320 e. The van der Waals surface area contributed by atoms with Gasteiger partial charge in [0.1, 0.15) is 5.69 Å². The largest absolute Gasteiger partial charge is 0.320 e. The molecule has 0 unspecified atom stereocenters. The van der Waals surface area contributed by atoms with Crippen LogP contribution in [-0.2, 0) is 0 Å². The first-order chi connectivity index (χ1) is 9.31. The highest BCUT2D eigenvalue weighted by atomic mass is 16.2. The summed E-state index contributed by atoms with van der Waals surface area (Å²) >= 11 is 0. The van der Waals surface area contributed by atoms with Crippen molar-refractivity contribution in [3.63, 3.8) is 0 Å². The van der Waals surface area contributed by atoms with Crippen LogP contribution >= 0.6 is 0 Å². The minimum atomic E-state index is -0.449. The first-order valence-corrected chi connectivity index (χ1v) is 5.40. The predicted molar refractivity (Wildman–Crippen MR) is 67.9 cm³/mol. The maximum atomic E-state index is 12.0. The predicted octanol–water partition coefficient (Wildman–Crippen LogP) is -0.171. The molecule has 0 fully saturated rings. The lowest BCUT2D eigenvalue weighted by atomic mass is 10.2. The lowest BCUT2D eigenvalue weighted by Gasteiger charge is -2.03. The molecule has 3 N–H and O–H groups in total. The van der Waals surface area contributed by atoms with E-state index in [-0.39, 0.29) is 18.2 Å². The summed E-state index contributed by atoms with van der Waals surface area (Å²) in [6.07, 6.45) is 4.34. The van der Waals surface area contributed by atoms with E-state index in [0.717, 1.165) is 0 Å². The third-order valence-corrected chi connectivity index (χ3v) is 2.06. The van der Waals surface area contributed by atoms with E-state index in [9.17, 15) is 4.79 Å². The van der Waals surface area contributed by atoms with Crippen molar-refractivity contribution >= 4 is 11.9 Å². The highest BCUT2D eigenvalue weighted by Crippen LogP contribution is 2.06. The average Bonchev–Trinajstić information content (AvgIpc) is 2.46. The van der Waals surface area contributed by atoms with Gasteiger partial charge < -0.3 is 5.73 Å². The number of nitrogens with two attached hydrogens (primary N) is 1. The molecule has 7 heteroatoms. The van der Waals surface area contributed by atoms with Crippen LogP contribution < -0.4 is 11.1 Å². The number of hydrogen-bond acceptors (Lipinski definition) is 6. The third kappa shape index (κ3) is 3.31. The van der Waals surface area contributed by atoms with Gasteiger partial charge >= 0.3 is 0 Å². The second-order valence-electron chi connectivity index (χ2n) is 3.33. The van der Waals surface area contributed by atoms with Gasteiger partial charge in [-0.15, -0.1) is 5.10 Å². The molecule has 0 radical (unpaired) electrons. The fraction of sp³-hybridized carbons (Fsp3) is 0.0833. The molecule has 0 atom stereocenters. The van der Waals surface area contributed by atoms with Crippen LogP contribution in [0.25, 0.3) is 0 Å². The molecule has 19 heavy (non-hydrogen) atoms. The Labute approximate surface area is 109 Å². The highest BCUT2D eigenvalue weighted by molar-refractivity contribution is 6.03. The van der Waals surface area contributed by atoms with Crippen LogP contribution in [0.3, 0.4) is 0 Å². The average molecular weight is 254 g/mol. The van der Waals surface area contributed by atoms with E-state index < -0.39 is 5.91 Å². The van der Waals surface area contributed by atoms with Crippen LogP contribution in [-0.4, -0.2) is 32.6 Å². The summed E-state index contributed by atoms with van der Waals surface area (Å²) in [5.74, 6) is 5.12. The number of hydrogen-bond donors (Lipinski definition) is 2. The fourth-order valence-corrected chi connectivity index (χ4v) is 1.30. The number of pyridine rings is 1. The van der Waals surface area contributed by atoms with E-state index in [0.29, 0.717) is 5.56 Å². The fourth-order valence-electron chi connectivity index (χ4n) is 1.30. The number of carbonyl (C=O) groups excluding carboxylic acids is 1. The van der Waals surface area contributed by atoms with Crippen LogP contribution in [0.4, 0.5) is 5.95 Å². The maximum absolute atomic E-state index is 12.0. The third-order valence-electron chi connectivity index (χ3n) is 2.06. The molecule has 0 bridgehead atoms. The molecular weight excluding hydrogens is 244 g/mol. The number of carbonyl (C=O) groups is 1. The topological polar surface area (TPSA) is 107 Å². The van der Waals surface area contributed by atoms with Gasteiger partial charge in [0.15, 0.2) is 0 Å². The molecule has 2 heterocycles. The Hall–Kier alpha value is -2.85. The first kappa shape index (κ1) is 12.6. The Morgan fingerprint density at radius 3 is 2.95 bits per heavy atom.